The maximum atomic E-state index is 12.3. The minimum Gasteiger partial charge on any atom is -0.449 e. The van der Waals surface area contributed by atoms with Gasteiger partial charge in [-0.05, 0) is 44.0 Å². The Kier molecular flexibility index (Phi) is 6.74. The van der Waals surface area contributed by atoms with Crippen molar-refractivity contribution in [1.29, 1.82) is 0 Å². The van der Waals surface area contributed by atoms with Gasteiger partial charge in [0, 0.05) is 27.2 Å². The van der Waals surface area contributed by atoms with Crippen molar-refractivity contribution in [2.75, 3.05) is 27.2 Å². The van der Waals surface area contributed by atoms with Crippen molar-refractivity contribution in [3.8, 4) is 0 Å². The van der Waals surface area contributed by atoms with Crippen LogP contribution in [0.25, 0.3) is 0 Å². The smallest absolute Gasteiger partial charge is 0.338 e. The van der Waals surface area contributed by atoms with Gasteiger partial charge in [-0.3, -0.25) is 4.79 Å². The summed E-state index contributed by atoms with van der Waals surface area (Å²) in [6.45, 7) is 2.35. The number of rotatable bonds is 7. The number of carbonyl (C=O) groups is 2. The summed E-state index contributed by atoms with van der Waals surface area (Å²) in [4.78, 5) is 25.2. The Balaban J connectivity index is 1.97. The van der Waals surface area contributed by atoms with Crippen LogP contribution in [0.5, 0.6) is 0 Å². The largest absolute Gasteiger partial charge is 0.449 e. The van der Waals surface area contributed by atoms with Gasteiger partial charge in [-0.15, -0.1) is 0 Å². The molecule has 144 valence electrons. The van der Waals surface area contributed by atoms with E-state index in [4.69, 9.17) is 9.47 Å². The molecular formula is C17H24N2O6S. The first kappa shape index (κ1) is 20.3. The molecule has 1 saturated heterocycles. The number of hydrogen-bond donors (Lipinski definition) is 1. The zero-order valence-electron chi connectivity index (χ0n) is 15.1. The number of nitrogens with one attached hydrogen (secondary N) is 1. The number of hydrogen-bond acceptors (Lipinski definition) is 6. The number of carbonyl (C=O) groups excluding carboxylic acids is 2. The molecule has 1 aliphatic heterocycles. The molecule has 1 aromatic rings. The van der Waals surface area contributed by atoms with Crippen molar-refractivity contribution in [3.05, 3.63) is 29.8 Å². The van der Waals surface area contributed by atoms with E-state index in [0.717, 1.165) is 12.8 Å². The van der Waals surface area contributed by atoms with Gasteiger partial charge in [0.05, 0.1) is 16.6 Å². The first-order chi connectivity index (χ1) is 12.2. The lowest BCUT2D eigenvalue weighted by molar-refractivity contribution is -0.137. The predicted molar refractivity (Wildman–Crippen MR) is 94.2 cm³/mol. The Morgan fingerprint density at radius 1 is 1.31 bits per heavy atom. The minimum atomic E-state index is -3.68. The second-order valence-electron chi connectivity index (χ2n) is 6.29. The zero-order chi connectivity index (χ0) is 19.3. The van der Waals surface area contributed by atoms with Crippen molar-refractivity contribution >= 4 is 21.9 Å². The molecular weight excluding hydrogens is 360 g/mol. The van der Waals surface area contributed by atoms with E-state index in [1.165, 1.54) is 36.1 Å². The lowest BCUT2D eigenvalue weighted by atomic mass is 10.2. The highest BCUT2D eigenvalue weighted by Crippen LogP contribution is 2.15. The van der Waals surface area contributed by atoms with E-state index in [9.17, 15) is 18.0 Å². The summed E-state index contributed by atoms with van der Waals surface area (Å²) in [7, 11) is -0.550. The van der Waals surface area contributed by atoms with Crippen molar-refractivity contribution in [3.63, 3.8) is 0 Å². The number of nitrogens with zero attached hydrogens (tertiary/aromatic N) is 1. The predicted octanol–water partition coefficient (Wildman–Crippen LogP) is 0.777. The molecule has 2 unspecified atom stereocenters. The number of benzene rings is 1. The van der Waals surface area contributed by atoms with Crippen LogP contribution in [0.3, 0.4) is 0 Å². The first-order valence-corrected chi connectivity index (χ1v) is 9.82. The number of esters is 1. The number of ether oxygens (including phenoxy) is 2. The molecule has 2 rings (SSSR count). The highest BCUT2D eigenvalue weighted by molar-refractivity contribution is 7.89. The van der Waals surface area contributed by atoms with Crippen LogP contribution in [-0.2, 0) is 24.3 Å². The van der Waals surface area contributed by atoms with E-state index < -0.39 is 22.1 Å². The van der Waals surface area contributed by atoms with E-state index in [1.54, 1.807) is 14.1 Å². The van der Waals surface area contributed by atoms with Crippen LogP contribution >= 0.6 is 0 Å². The van der Waals surface area contributed by atoms with Crippen LogP contribution in [0, 0.1) is 0 Å². The average Bonchev–Trinajstić information content (AvgIpc) is 3.13. The lowest BCUT2D eigenvalue weighted by Gasteiger charge is -2.17. The Labute approximate surface area is 153 Å². The van der Waals surface area contributed by atoms with E-state index in [0.29, 0.717) is 6.61 Å². The van der Waals surface area contributed by atoms with Gasteiger partial charge in [0.2, 0.25) is 10.0 Å². The van der Waals surface area contributed by atoms with Crippen molar-refractivity contribution in [1.82, 2.24) is 9.62 Å². The van der Waals surface area contributed by atoms with Gasteiger partial charge in [-0.25, -0.2) is 17.9 Å². The first-order valence-electron chi connectivity index (χ1n) is 8.34. The number of amides is 1. The van der Waals surface area contributed by atoms with Gasteiger partial charge in [0.25, 0.3) is 5.91 Å². The van der Waals surface area contributed by atoms with Crippen LogP contribution in [0.1, 0.15) is 30.1 Å². The summed E-state index contributed by atoms with van der Waals surface area (Å²) in [6.07, 6.45) is 0.735. The summed E-state index contributed by atoms with van der Waals surface area (Å²) < 4.78 is 37.5. The third kappa shape index (κ3) is 5.26. The van der Waals surface area contributed by atoms with Gasteiger partial charge in [-0.1, -0.05) is 0 Å². The maximum absolute atomic E-state index is 12.3. The fourth-order valence-electron chi connectivity index (χ4n) is 2.50. The van der Waals surface area contributed by atoms with Crippen molar-refractivity contribution in [2.24, 2.45) is 0 Å². The summed E-state index contributed by atoms with van der Waals surface area (Å²) in [5, 5.41) is 0. The van der Waals surface area contributed by atoms with Crippen LogP contribution in [0.15, 0.2) is 29.2 Å². The standard InChI is InChI=1S/C17H24N2O6S/c1-12(16(20)19(2)3)25-17(21)13-6-8-15(9-7-13)26(22,23)18-11-14-5-4-10-24-14/h6-9,12,14,18H,4-5,10-11H2,1-3H3. The summed E-state index contributed by atoms with van der Waals surface area (Å²) in [5.41, 5.74) is 0.168. The zero-order valence-corrected chi connectivity index (χ0v) is 15.9. The Morgan fingerprint density at radius 3 is 2.50 bits per heavy atom. The van der Waals surface area contributed by atoms with Crippen molar-refractivity contribution < 1.29 is 27.5 Å². The SMILES string of the molecule is CC(OC(=O)c1ccc(S(=O)(=O)NCC2CCCO2)cc1)C(=O)N(C)C. The number of sulfonamides is 1. The van der Waals surface area contributed by atoms with E-state index in [1.807, 2.05) is 0 Å². The van der Waals surface area contributed by atoms with Gasteiger partial charge in [0.1, 0.15) is 0 Å². The maximum Gasteiger partial charge on any atom is 0.338 e. The van der Waals surface area contributed by atoms with E-state index in [2.05, 4.69) is 4.72 Å². The van der Waals surface area contributed by atoms with Gasteiger partial charge < -0.3 is 14.4 Å². The van der Waals surface area contributed by atoms with Crippen LogP contribution in [0.4, 0.5) is 0 Å². The van der Waals surface area contributed by atoms with Crippen LogP contribution in [0.2, 0.25) is 0 Å². The molecule has 0 saturated carbocycles. The molecule has 0 aliphatic carbocycles. The van der Waals surface area contributed by atoms with Crippen molar-refractivity contribution in [2.45, 2.75) is 36.9 Å². The monoisotopic (exact) mass is 384 g/mol. The number of likely N-dealkylation sites (N-methyl/N-ethyl adjacent to an activating group) is 1. The minimum absolute atomic E-state index is 0.0458. The molecule has 0 aromatic heterocycles. The van der Waals surface area contributed by atoms with E-state index in [-0.39, 0.29) is 29.0 Å². The highest BCUT2D eigenvalue weighted by atomic mass is 32.2. The fourth-order valence-corrected chi connectivity index (χ4v) is 3.57. The molecule has 2 atom stereocenters. The molecule has 0 bridgehead atoms. The summed E-state index contributed by atoms with van der Waals surface area (Å²) in [6, 6.07) is 5.37. The lowest BCUT2D eigenvalue weighted by Crippen LogP contribution is -2.35. The summed E-state index contributed by atoms with van der Waals surface area (Å²) >= 11 is 0. The molecule has 1 aromatic carbocycles. The molecule has 1 fully saturated rings. The molecule has 1 N–H and O–H groups in total. The molecule has 1 aliphatic rings. The normalized spacial score (nSPS) is 18.3. The second kappa shape index (κ2) is 8.61. The molecule has 8 nitrogen and oxygen atoms in total. The van der Waals surface area contributed by atoms with Gasteiger partial charge in [-0.2, -0.15) is 0 Å². The quantitative estimate of drug-likeness (QED) is 0.697. The molecule has 26 heavy (non-hydrogen) atoms. The molecule has 9 heteroatoms. The molecule has 1 amide bonds. The van der Waals surface area contributed by atoms with Gasteiger partial charge >= 0.3 is 5.97 Å². The van der Waals surface area contributed by atoms with Crippen LogP contribution in [-0.4, -0.2) is 64.6 Å². The highest BCUT2D eigenvalue weighted by Gasteiger charge is 2.22. The average molecular weight is 384 g/mol. The topological polar surface area (TPSA) is 102 Å². The summed E-state index contributed by atoms with van der Waals surface area (Å²) in [5.74, 6) is -1.03. The molecule has 1 heterocycles. The van der Waals surface area contributed by atoms with E-state index >= 15 is 0 Å². The van der Waals surface area contributed by atoms with Gasteiger partial charge in [0.15, 0.2) is 6.10 Å². The Bertz CT molecular complexity index is 739. The Morgan fingerprint density at radius 2 is 1.96 bits per heavy atom. The fraction of sp³-hybridized carbons (Fsp3) is 0.529. The molecule has 0 radical (unpaired) electrons. The third-order valence-electron chi connectivity index (χ3n) is 4.00. The Hall–Kier alpha value is -1.97. The van der Waals surface area contributed by atoms with Crippen LogP contribution < -0.4 is 4.72 Å². The molecule has 0 spiro atoms. The third-order valence-corrected chi connectivity index (χ3v) is 5.44. The second-order valence-corrected chi connectivity index (χ2v) is 8.06.